The molecule has 66 heavy (non-hydrogen) atoms. The highest BCUT2D eigenvalue weighted by Gasteiger charge is 2.40. The van der Waals surface area contributed by atoms with Gasteiger partial charge in [0.25, 0.3) is 0 Å². The number of ketones is 1. The first-order valence-corrected chi connectivity index (χ1v) is 24.7. The maximum atomic E-state index is 14.1. The summed E-state index contributed by atoms with van der Waals surface area (Å²) >= 11 is 0. The van der Waals surface area contributed by atoms with Crippen molar-refractivity contribution in [3.8, 4) is 0 Å². The second kappa shape index (κ2) is 24.6. The first kappa shape index (κ1) is 50.3. The Balaban J connectivity index is 0.985. The fourth-order valence-electron chi connectivity index (χ4n) is 10.2. The van der Waals surface area contributed by atoms with Gasteiger partial charge in [0.1, 0.15) is 30.0 Å². The van der Waals surface area contributed by atoms with E-state index in [-0.39, 0.29) is 53.3 Å². The van der Waals surface area contributed by atoms with Crippen LogP contribution >= 0.6 is 0 Å². The maximum Gasteiger partial charge on any atom is 0.245 e. The van der Waals surface area contributed by atoms with Crippen LogP contribution in [0.1, 0.15) is 151 Å². The molecule has 6 rings (SSSR count). The zero-order valence-electron chi connectivity index (χ0n) is 39.6. The number of Topliss-reactive ketones (excluding diaryl/α,β-unsaturated/α-hetero) is 1. The Morgan fingerprint density at radius 1 is 0.561 bits per heavy atom. The number of hydrogen-bond acceptors (Lipinski definition) is 9. The number of amides is 6. The fourth-order valence-corrected chi connectivity index (χ4v) is 10.2. The number of likely N-dealkylation sites (N-methyl/N-ethyl adjacent to an activating group) is 2. The first-order chi connectivity index (χ1) is 31.9. The number of carbonyl (C=O) groups excluding carboxylic acids is 7. The van der Waals surface area contributed by atoms with Gasteiger partial charge in [-0.2, -0.15) is 0 Å². The molecule has 4 aliphatic rings. The van der Waals surface area contributed by atoms with Gasteiger partial charge in [0, 0.05) is 25.9 Å². The second-order valence-electron chi connectivity index (χ2n) is 18.9. The highest BCUT2D eigenvalue weighted by Crippen LogP contribution is 2.32. The molecular formula is C51H74N8O7. The lowest BCUT2D eigenvalue weighted by molar-refractivity contribution is -0.142. The number of carbonyl (C=O) groups is 7. The molecule has 2 aromatic carbocycles. The molecule has 6 N–H and O–H groups in total. The molecule has 2 fully saturated rings. The van der Waals surface area contributed by atoms with Crippen molar-refractivity contribution in [2.45, 2.75) is 178 Å². The van der Waals surface area contributed by atoms with Crippen LogP contribution in [0.2, 0.25) is 0 Å². The molecule has 15 nitrogen and oxygen atoms in total. The quantitative estimate of drug-likeness (QED) is 0.0937. The maximum absolute atomic E-state index is 14.1. The molecule has 2 aromatic rings. The molecule has 0 unspecified atom stereocenters. The average molecular weight is 911 g/mol. The van der Waals surface area contributed by atoms with Crippen LogP contribution in [0.3, 0.4) is 0 Å². The topological polar surface area (TPSA) is 198 Å². The van der Waals surface area contributed by atoms with Crippen molar-refractivity contribution in [3.05, 3.63) is 70.8 Å². The van der Waals surface area contributed by atoms with Gasteiger partial charge in [0.05, 0.1) is 24.2 Å². The van der Waals surface area contributed by atoms with Gasteiger partial charge in [0.15, 0.2) is 0 Å². The Labute approximate surface area is 391 Å². The third-order valence-electron chi connectivity index (χ3n) is 14.3. The smallest absolute Gasteiger partial charge is 0.245 e. The van der Waals surface area contributed by atoms with Gasteiger partial charge < -0.3 is 41.7 Å². The van der Waals surface area contributed by atoms with Crippen LogP contribution in [0.25, 0.3) is 0 Å². The molecule has 0 bridgehead atoms. The molecule has 2 aliphatic carbocycles. The van der Waals surface area contributed by atoms with E-state index in [0.29, 0.717) is 90.1 Å². The van der Waals surface area contributed by atoms with Crippen molar-refractivity contribution in [3.63, 3.8) is 0 Å². The minimum absolute atomic E-state index is 0.0579. The highest BCUT2D eigenvalue weighted by atomic mass is 16.2. The van der Waals surface area contributed by atoms with E-state index in [2.05, 4.69) is 56.2 Å². The van der Waals surface area contributed by atoms with Crippen LogP contribution in [0.5, 0.6) is 0 Å². The van der Waals surface area contributed by atoms with Crippen molar-refractivity contribution in [2.24, 2.45) is 0 Å². The number of fused-ring (bicyclic) bond motifs is 2. The lowest BCUT2D eigenvalue weighted by atomic mass is 9.87. The molecule has 0 spiro atoms. The predicted molar refractivity (Wildman–Crippen MR) is 253 cm³/mol. The Morgan fingerprint density at radius 2 is 0.970 bits per heavy atom. The van der Waals surface area contributed by atoms with Gasteiger partial charge in [0.2, 0.25) is 35.4 Å². The molecule has 0 radical (unpaired) electrons. The Morgan fingerprint density at radius 3 is 1.38 bits per heavy atom. The van der Waals surface area contributed by atoms with Crippen LogP contribution in [0.15, 0.2) is 48.5 Å². The SMILES string of the molecule is CN[C@@H](C)C(=O)N[C@@H](CCCCC(=O)CCCC[C@H](NC(=O)[C@H](C)NC)C(=O)N1CCC[C@H]1C(=O)N[C@@H]1CCCc2ccccc21)C(=O)N1CCC[C@H]1C(=O)N[C@@H]1CCCc2ccccc21. The number of likely N-dealkylation sites (tertiary alicyclic amines) is 2. The summed E-state index contributed by atoms with van der Waals surface area (Å²) in [7, 11) is 3.36. The minimum atomic E-state index is -0.840. The van der Waals surface area contributed by atoms with E-state index in [1.807, 2.05) is 24.3 Å². The normalized spacial score (nSPS) is 21.9. The molecule has 2 aliphatic heterocycles. The summed E-state index contributed by atoms with van der Waals surface area (Å²) in [4.78, 5) is 98.3. The van der Waals surface area contributed by atoms with E-state index in [9.17, 15) is 33.6 Å². The van der Waals surface area contributed by atoms with Crippen LogP contribution < -0.4 is 31.9 Å². The van der Waals surface area contributed by atoms with Crippen LogP contribution in [0.4, 0.5) is 0 Å². The number of rotatable bonds is 22. The third-order valence-corrected chi connectivity index (χ3v) is 14.3. The molecule has 6 amide bonds. The molecule has 15 heteroatoms. The molecule has 0 aromatic heterocycles. The zero-order valence-corrected chi connectivity index (χ0v) is 39.6. The van der Waals surface area contributed by atoms with Gasteiger partial charge in [-0.25, -0.2) is 0 Å². The molecule has 0 saturated carbocycles. The Hall–Kier alpha value is -5.15. The molecular weight excluding hydrogens is 837 g/mol. The monoisotopic (exact) mass is 911 g/mol. The van der Waals surface area contributed by atoms with Gasteiger partial charge in [-0.3, -0.25) is 33.6 Å². The Kier molecular flexibility index (Phi) is 18.7. The lowest BCUT2D eigenvalue weighted by Crippen LogP contribution is -2.55. The van der Waals surface area contributed by atoms with Crippen LogP contribution in [-0.4, -0.2) is 114 Å². The van der Waals surface area contributed by atoms with Gasteiger partial charge in [-0.1, -0.05) is 61.4 Å². The standard InChI is InChI=1S/C51H74N8O7/c1-33(52-3)46(61)56-42(50(65)58-31-15-29-44(58)48(63)54-40-27-13-19-35-17-5-9-23-38(35)40)25-11-7-21-37(60)22-8-12-26-43(57-47(62)34(2)53-4)51(66)59-32-16-30-45(59)49(64)55-41-28-14-20-36-18-6-10-24-39(36)41/h5-6,9-10,17-18,23-24,33-34,40-45,52-53H,7-8,11-16,19-22,25-32H2,1-4H3,(H,54,63)(H,55,64)(H,56,61)(H,57,62)/t33-,34-,40+,41+,42-,43-,44-,45-/m0/s1. The first-order valence-electron chi connectivity index (χ1n) is 24.7. The number of nitrogens with one attached hydrogen (secondary N) is 6. The van der Waals surface area contributed by atoms with E-state index in [0.717, 1.165) is 49.7 Å². The number of benzene rings is 2. The number of hydrogen-bond donors (Lipinski definition) is 6. The van der Waals surface area contributed by atoms with Crippen molar-refractivity contribution in [2.75, 3.05) is 27.2 Å². The van der Waals surface area contributed by atoms with E-state index >= 15 is 0 Å². The van der Waals surface area contributed by atoms with Crippen molar-refractivity contribution in [1.82, 2.24) is 41.7 Å². The lowest BCUT2D eigenvalue weighted by Gasteiger charge is -2.32. The third kappa shape index (κ3) is 13.0. The van der Waals surface area contributed by atoms with Gasteiger partial charge in [-0.05, 0) is 140 Å². The predicted octanol–water partition coefficient (Wildman–Crippen LogP) is 4.23. The highest BCUT2D eigenvalue weighted by molar-refractivity contribution is 5.94. The zero-order chi connectivity index (χ0) is 47.2. The van der Waals surface area contributed by atoms with E-state index in [1.165, 1.54) is 11.1 Å². The van der Waals surface area contributed by atoms with E-state index in [1.54, 1.807) is 37.7 Å². The van der Waals surface area contributed by atoms with Gasteiger partial charge in [-0.15, -0.1) is 0 Å². The molecule has 2 heterocycles. The molecule has 8 atom stereocenters. The van der Waals surface area contributed by atoms with Crippen LogP contribution in [0, 0.1) is 0 Å². The van der Waals surface area contributed by atoms with Crippen LogP contribution in [-0.2, 0) is 46.4 Å². The summed E-state index contributed by atoms with van der Waals surface area (Å²) in [5, 5.41) is 18.2. The summed E-state index contributed by atoms with van der Waals surface area (Å²) in [5.74, 6) is -1.47. The number of nitrogens with zero attached hydrogens (tertiary/aromatic N) is 2. The van der Waals surface area contributed by atoms with Gasteiger partial charge >= 0.3 is 0 Å². The van der Waals surface area contributed by atoms with E-state index < -0.39 is 36.3 Å². The summed E-state index contributed by atoms with van der Waals surface area (Å²) in [6.45, 7) is 4.30. The largest absolute Gasteiger partial charge is 0.347 e. The van der Waals surface area contributed by atoms with Crippen molar-refractivity contribution >= 4 is 41.2 Å². The summed E-state index contributed by atoms with van der Waals surface area (Å²) < 4.78 is 0. The minimum Gasteiger partial charge on any atom is -0.347 e. The molecule has 2 saturated heterocycles. The number of unbranched alkanes of at least 4 members (excludes halogenated alkanes) is 2. The average Bonchev–Trinajstić information content (AvgIpc) is 4.04. The second-order valence-corrected chi connectivity index (χ2v) is 18.9. The summed E-state index contributed by atoms with van der Waals surface area (Å²) in [6.07, 6.45) is 11.4. The van der Waals surface area contributed by atoms with Crippen molar-refractivity contribution < 1.29 is 33.6 Å². The van der Waals surface area contributed by atoms with E-state index in [4.69, 9.17) is 0 Å². The summed E-state index contributed by atoms with van der Waals surface area (Å²) in [5.41, 5.74) is 4.74. The molecule has 360 valence electrons. The summed E-state index contributed by atoms with van der Waals surface area (Å²) in [6, 6.07) is 12.2. The number of aryl methyl sites for hydroxylation is 2. The Bertz CT molecular complexity index is 1890. The van der Waals surface area contributed by atoms with Crippen molar-refractivity contribution in [1.29, 1.82) is 0 Å². The fraction of sp³-hybridized carbons (Fsp3) is 0.627.